The summed E-state index contributed by atoms with van der Waals surface area (Å²) in [7, 11) is 0. The van der Waals surface area contributed by atoms with E-state index in [4.69, 9.17) is 9.40 Å². The summed E-state index contributed by atoms with van der Waals surface area (Å²) in [6.45, 7) is 15.8. The van der Waals surface area contributed by atoms with E-state index in [1.807, 2.05) is 17.5 Å². The molecule has 2 nitrogen and oxygen atoms in total. The van der Waals surface area contributed by atoms with Gasteiger partial charge >= 0.3 is 0 Å². The largest absolute Gasteiger partial charge is 0.461 e. The van der Waals surface area contributed by atoms with Gasteiger partial charge in [0.15, 0.2) is 0 Å². The Kier molecular flexibility index (Phi) is 5.96. The molecule has 3 heteroatoms. The van der Waals surface area contributed by atoms with Crippen molar-refractivity contribution in [3.05, 3.63) is 89.3 Å². The number of furan rings is 1. The lowest BCUT2D eigenvalue weighted by Crippen LogP contribution is -2.12. The minimum atomic E-state index is 0.0328. The maximum Gasteiger partial charge on any atom is 0.135 e. The molecular weight excluding hydrogens is 482 g/mol. The van der Waals surface area contributed by atoms with Crippen LogP contribution in [0.4, 0.5) is 0 Å². The van der Waals surface area contributed by atoms with Gasteiger partial charge in [-0.3, -0.25) is 4.98 Å². The molecule has 0 aliphatic rings. The number of benzene rings is 3. The number of thiophene rings is 1. The summed E-state index contributed by atoms with van der Waals surface area (Å²) < 4.78 is 7.60. The molecule has 0 aliphatic carbocycles. The van der Waals surface area contributed by atoms with Gasteiger partial charge in [0.25, 0.3) is 0 Å². The van der Waals surface area contributed by atoms with Crippen molar-refractivity contribution >= 4 is 43.2 Å². The number of rotatable bonds is 4. The van der Waals surface area contributed by atoms with Crippen LogP contribution in [0.1, 0.15) is 57.1 Å². The number of aryl methyl sites for hydroxylation is 2. The molecule has 0 unspecified atom stereocenters. The van der Waals surface area contributed by atoms with Gasteiger partial charge in [0.05, 0.1) is 10.4 Å². The maximum absolute atomic E-state index is 6.36. The van der Waals surface area contributed by atoms with E-state index >= 15 is 0 Å². The van der Waals surface area contributed by atoms with E-state index < -0.39 is 0 Å². The molecule has 0 saturated carbocycles. The average Bonchev–Trinajstić information content (AvgIpc) is 3.38. The fraction of sp³-hybridized carbons (Fsp3) is 0.286. The van der Waals surface area contributed by atoms with Crippen LogP contribution >= 0.6 is 11.3 Å². The second-order valence-electron chi connectivity index (χ2n) is 12.0. The summed E-state index contributed by atoms with van der Waals surface area (Å²) in [6.07, 6.45) is 2.93. The minimum Gasteiger partial charge on any atom is -0.461 e. The summed E-state index contributed by atoms with van der Waals surface area (Å²) in [5, 5.41) is 5.07. The predicted octanol–water partition coefficient (Wildman–Crippen LogP) is 10.6. The third-order valence-electron chi connectivity index (χ3n) is 7.69. The van der Waals surface area contributed by atoms with E-state index in [2.05, 4.69) is 109 Å². The molecule has 3 heterocycles. The van der Waals surface area contributed by atoms with Gasteiger partial charge in [0.2, 0.25) is 0 Å². The lowest BCUT2D eigenvalue weighted by Gasteiger charge is -2.22. The van der Waals surface area contributed by atoms with Crippen LogP contribution in [0.15, 0.2) is 71.3 Å². The average molecular weight is 518 g/mol. The zero-order valence-electron chi connectivity index (χ0n) is 23.4. The highest BCUT2D eigenvalue weighted by molar-refractivity contribution is 7.23. The Morgan fingerprint density at radius 2 is 1.63 bits per heavy atom. The molecule has 0 fully saturated rings. The van der Waals surface area contributed by atoms with E-state index in [0.29, 0.717) is 5.92 Å². The zero-order valence-corrected chi connectivity index (χ0v) is 24.2. The highest BCUT2D eigenvalue weighted by Gasteiger charge is 2.21. The van der Waals surface area contributed by atoms with Gasteiger partial charge in [0, 0.05) is 28.4 Å². The van der Waals surface area contributed by atoms with Gasteiger partial charge < -0.3 is 4.42 Å². The van der Waals surface area contributed by atoms with Crippen molar-refractivity contribution in [3.63, 3.8) is 0 Å². The summed E-state index contributed by atoms with van der Waals surface area (Å²) in [5.74, 6) is 1.68. The van der Waals surface area contributed by atoms with E-state index in [9.17, 15) is 0 Å². The number of hydrogen-bond donors (Lipinski definition) is 0. The summed E-state index contributed by atoms with van der Waals surface area (Å²) in [4.78, 5) is 6.22. The Bertz CT molecular complexity index is 1830. The molecule has 0 amide bonds. The van der Waals surface area contributed by atoms with E-state index in [0.717, 1.165) is 23.5 Å². The van der Waals surface area contributed by atoms with Crippen molar-refractivity contribution in [1.29, 1.82) is 0 Å². The lowest BCUT2D eigenvalue weighted by atomic mass is 9.82. The number of aromatic nitrogens is 1. The number of hydrogen-bond acceptors (Lipinski definition) is 3. The minimum absolute atomic E-state index is 0.0328. The van der Waals surface area contributed by atoms with Crippen molar-refractivity contribution < 1.29 is 4.42 Å². The van der Waals surface area contributed by atoms with Crippen molar-refractivity contribution in [2.45, 2.75) is 60.3 Å². The molecule has 0 spiro atoms. The standard InChI is InChI=1S/C35H35NOS/c1-20(2)16-30-21(3)26-13-12-24(19-31(26)37-30)33-22(4)27-14-15-36-32(34(27)38-33)25-17-23-10-8-9-11-28(23)29(18-25)35(5,6)7/h8-15,17-20H,16H2,1-7H3. The second kappa shape index (κ2) is 9.10. The van der Waals surface area contributed by atoms with Crippen LogP contribution in [0.3, 0.4) is 0 Å². The van der Waals surface area contributed by atoms with E-state index in [1.54, 1.807) is 0 Å². The Morgan fingerprint density at radius 3 is 2.39 bits per heavy atom. The number of nitrogens with zero attached hydrogens (tertiary/aromatic N) is 1. The Hall–Kier alpha value is -3.43. The molecule has 0 atom stereocenters. The Morgan fingerprint density at radius 1 is 0.842 bits per heavy atom. The third kappa shape index (κ3) is 4.14. The molecule has 0 radical (unpaired) electrons. The zero-order chi connectivity index (χ0) is 26.8. The topological polar surface area (TPSA) is 26.0 Å². The highest BCUT2D eigenvalue weighted by atomic mass is 32.1. The van der Waals surface area contributed by atoms with Crippen molar-refractivity contribution in [1.82, 2.24) is 4.98 Å². The molecular formula is C35H35NOS. The van der Waals surface area contributed by atoms with Gasteiger partial charge in [-0.05, 0) is 87.9 Å². The molecule has 38 heavy (non-hydrogen) atoms. The first-order valence-electron chi connectivity index (χ1n) is 13.6. The van der Waals surface area contributed by atoms with Crippen LogP contribution in [0.5, 0.6) is 0 Å². The highest BCUT2D eigenvalue weighted by Crippen LogP contribution is 2.44. The predicted molar refractivity (Wildman–Crippen MR) is 164 cm³/mol. The molecule has 3 aromatic carbocycles. The van der Waals surface area contributed by atoms with Gasteiger partial charge in [0.1, 0.15) is 11.3 Å². The van der Waals surface area contributed by atoms with E-state index in [-0.39, 0.29) is 5.41 Å². The van der Waals surface area contributed by atoms with Gasteiger partial charge in [-0.2, -0.15) is 0 Å². The first-order valence-corrected chi connectivity index (χ1v) is 14.4. The first kappa shape index (κ1) is 24.9. The van der Waals surface area contributed by atoms with Crippen LogP contribution in [-0.2, 0) is 11.8 Å². The molecule has 0 saturated heterocycles. The Balaban J connectivity index is 1.52. The molecule has 0 aliphatic heterocycles. The number of pyridine rings is 1. The quantitative estimate of drug-likeness (QED) is 0.232. The van der Waals surface area contributed by atoms with Crippen molar-refractivity contribution in [2.75, 3.05) is 0 Å². The monoisotopic (exact) mass is 517 g/mol. The molecule has 0 N–H and O–H groups in total. The van der Waals surface area contributed by atoms with Crippen molar-refractivity contribution in [2.24, 2.45) is 5.92 Å². The lowest BCUT2D eigenvalue weighted by molar-refractivity contribution is 0.496. The molecule has 0 bridgehead atoms. The normalized spacial score (nSPS) is 12.4. The third-order valence-corrected chi connectivity index (χ3v) is 9.05. The van der Waals surface area contributed by atoms with Gasteiger partial charge in [-0.15, -0.1) is 11.3 Å². The molecule has 3 aromatic heterocycles. The van der Waals surface area contributed by atoms with Crippen molar-refractivity contribution in [3.8, 4) is 21.7 Å². The smallest absolute Gasteiger partial charge is 0.135 e. The van der Waals surface area contributed by atoms with Crippen LogP contribution in [0.25, 0.3) is 53.5 Å². The van der Waals surface area contributed by atoms with Crippen LogP contribution in [0, 0.1) is 19.8 Å². The summed E-state index contributed by atoms with van der Waals surface area (Å²) >= 11 is 1.84. The second-order valence-corrected chi connectivity index (χ2v) is 13.1. The maximum atomic E-state index is 6.36. The SMILES string of the molecule is Cc1c(CC(C)C)oc2cc(-c3sc4c(-c5cc(C(C)(C)C)c6ccccc6c5)nccc4c3C)ccc12. The molecule has 6 rings (SSSR count). The van der Waals surface area contributed by atoms with Crippen LogP contribution in [0.2, 0.25) is 0 Å². The first-order chi connectivity index (χ1) is 18.1. The van der Waals surface area contributed by atoms with Crippen LogP contribution in [-0.4, -0.2) is 4.98 Å². The van der Waals surface area contributed by atoms with Gasteiger partial charge in [-0.1, -0.05) is 71.0 Å². The summed E-state index contributed by atoms with van der Waals surface area (Å²) in [6, 6.07) is 22.2. The van der Waals surface area contributed by atoms with Crippen LogP contribution < -0.4 is 0 Å². The molecule has 6 aromatic rings. The Labute approximate surface area is 229 Å². The number of fused-ring (bicyclic) bond motifs is 3. The van der Waals surface area contributed by atoms with E-state index in [1.165, 1.54) is 58.9 Å². The summed E-state index contributed by atoms with van der Waals surface area (Å²) in [5.41, 5.74) is 8.39. The fourth-order valence-corrected chi connectivity index (χ4v) is 6.99. The van der Waals surface area contributed by atoms with Gasteiger partial charge in [-0.25, -0.2) is 0 Å². The molecule has 192 valence electrons. The fourth-order valence-electron chi connectivity index (χ4n) is 5.68.